The highest BCUT2D eigenvalue weighted by atomic mass is 32.1. The minimum absolute atomic E-state index is 0.0240. The molecule has 0 bridgehead atoms. The van der Waals surface area contributed by atoms with E-state index < -0.39 is 0 Å². The van der Waals surface area contributed by atoms with Crippen LogP contribution >= 0.6 is 11.3 Å². The van der Waals surface area contributed by atoms with Gasteiger partial charge >= 0.3 is 0 Å². The van der Waals surface area contributed by atoms with Crippen LogP contribution in [0.2, 0.25) is 0 Å². The fourth-order valence-electron chi connectivity index (χ4n) is 3.78. The van der Waals surface area contributed by atoms with E-state index in [4.69, 9.17) is 0 Å². The molecule has 0 unspecified atom stereocenters. The summed E-state index contributed by atoms with van der Waals surface area (Å²) in [7, 11) is 0. The van der Waals surface area contributed by atoms with E-state index in [0.29, 0.717) is 11.8 Å². The Labute approximate surface area is 164 Å². The molecule has 1 saturated carbocycles. The van der Waals surface area contributed by atoms with Crippen LogP contribution in [0, 0.1) is 18.8 Å². The Hall–Kier alpha value is -2.21. The number of nitrogens with zero attached hydrogens (tertiary/aromatic N) is 1. The van der Waals surface area contributed by atoms with Crippen molar-refractivity contribution < 1.29 is 9.59 Å². The number of thiophene rings is 1. The van der Waals surface area contributed by atoms with Gasteiger partial charge in [-0.05, 0) is 68.7 Å². The number of hydrogen-bond donors (Lipinski definition) is 2. The number of carbonyl (C=O) groups is 2. The molecule has 0 radical (unpaired) electrons. The van der Waals surface area contributed by atoms with Crippen LogP contribution in [0.1, 0.15) is 58.9 Å². The van der Waals surface area contributed by atoms with Gasteiger partial charge in [-0.1, -0.05) is 6.07 Å². The summed E-state index contributed by atoms with van der Waals surface area (Å²) >= 11 is 1.52. The molecule has 0 spiro atoms. The van der Waals surface area contributed by atoms with E-state index in [2.05, 4.69) is 15.6 Å². The largest absolute Gasteiger partial charge is 0.356 e. The van der Waals surface area contributed by atoms with Crippen LogP contribution in [-0.4, -0.2) is 23.3 Å². The standard InChI is InChI=1S/C21H27N3O2S/c1-14-6-11-19(27-14)21(26)24-20(18-5-3-4-12-22-18)17-9-7-16(8-10-17)13-23-15(2)25/h3-6,11-12,16-17,20H,7-10,13H2,1-2H3,(H,23,25)(H,24,26)/t16?,17?,20-/m1/s1. The molecule has 2 aromatic rings. The Balaban J connectivity index is 1.68. The van der Waals surface area contributed by atoms with Crippen molar-refractivity contribution in [2.45, 2.75) is 45.6 Å². The first-order valence-electron chi connectivity index (χ1n) is 9.55. The van der Waals surface area contributed by atoms with Crippen molar-refractivity contribution in [2.75, 3.05) is 6.54 Å². The fraction of sp³-hybridized carbons (Fsp3) is 0.476. The van der Waals surface area contributed by atoms with Gasteiger partial charge in [-0.25, -0.2) is 0 Å². The summed E-state index contributed by atoms with van der Waals surface area (Å²) in [6.07, 6.45) is 5.95. The lowest BCUT2D eigenvalue weighted by molar-refractivity contribution is -0.119. The number of rotatable bonds is 6. The zero-order valence-electron chi connectivity index (χ0n) is 15.9. The topological polar surface area (TPSA) is 71.1 Å². The molecule has 2 aromatic heterocycles. The average molecular weight is 386 g/mol. The summed E-state index contributed by atoms with van der Waals surface area (Å²) in [6, 6.07) is 9.64. The number of pyridine rings is 1. The number of carbonyl (C=O) groups excluding carboxylic acids is 2. The van der Waals surface area contributed by atoms with Gasteiger partial charge in [0.25, 0.3) is 5.91 Å². The molecule has 144 valence electrons. The maximum atomic E-state index is 12.8. The fourth-order valence-corrected chi connectivity index (χ4v) is 4.55. The van der Waals surface area contributed by atoms with Gasteiger partial charge in [0.15, 0.2) is 0 Å². The first kappa shape index (κ1) is 19.5. The van der Waals surface area contributed by atoms with Crippen LogP contribution in [0.4, 0.5) is 0 Å². The Morgan fingerprint density at radius 3 is 2.56 bits per heavy atom. The second-order valence-electron chi connectivity index (χ2n) is 7.33. The van der Waals surface area contributed by atoms with Crippen LogP contribution in [-0.2, 0) is 4.79 Å². The lowest BCUT2D eigenvalue weighted by atomic mass is 9.77. The van der Waals surface area contributed by atoms with E-state index in [1.807, 2.05) is 37.3 Å². The summed E-state index contributed by atoms with van der Waals surface area (Å²) in [5.74, 6) is 0.884. The summed E-state index contributed by atoms with van der Waals surface area (Å²) < 4.78 is 0. The number of nitrogens with one attached hydrogen (secondary N) is 2. The van der Waals surface area contributed by atoms with E-state index in [9.17, 15) is 9.59 Å². The van der Waals surface area contributed by atoms with Crippen molar-refractivity contribution in [2.24, 2.45) is 11.8 Å². The average Bonchev–Trinajstić information content (AvgIpc) is 3.12. The second kappa shape index (κ2) is 9.13. The Morgan fingerprint density at radius 1 is 1.19 bits per heavy atom. The molecule has 27 heavy (non-hydrogen) atoms. The predicted octanol–water partition coefficient (Wildman–Crippen LogP) is 3.87. The molecule has 0 saturated heterocycles. The molecular weight excluding hydrogens is 358 g/mol. The van der Waals surface area contributed by atoms with E-state index in [1.54, 1.807) is 13.1 Å². The number of aromatic nitrogens is 1. The molecule has 1 aliphatic carbocycles. The van der Waals surface area contributed by atoms with Crippen LogP contribution in [0.25, 0.3) is 0 Å². The van der Waals surface area contributed by atoms with Crippen molar-refractivity contribution in [1.29, 1.82) is 0 Å². The van der Waals surface area contributed by atoms with Gasteiger partial charge in [-0.3, -0.25) is 14.6 Å². The minimum atomic E-state index is -0.0807. The van der Waals surface area contributed by atoms with E-state index in [-0.39, 0.29) is 17.9 Å². The number of hydrogen-bond acceptors (Lipinski definition) is 4. The van der Waals surface area contributed by atoms with Crippen LogP contribution in [0.5, 0.6) is 0 Å². The summed E-state index contributed by atoms with van der Waals surface area (Å²) in [5, 5.41) is 6.16. The second-order valence-corrected chi connectivity index (χ2v) is 8.62. The Morgan fingerprint density at radius 2 is 1.96 bits per heavy atom. The number of amides is 2. The number of aryl methyl sites for hydroxylation is 1. The van der Waals surface area contributed by atoms with Crippen LogP contribution in [0.3, 0.4) is 0 Å². The zero-order valence-corrected chi connectivity index (χ0v) is 16.7. The third-order valence-electron chi connectivity index (χ3n) is 5.26. The molecule has 2 heterocycles. The molecule has 6 heteroatoms. The lowest BCUT2D eigenvalue weighted by Gasteiger charge is -2.34. The highest BCUT2D eigenvalue weighted by Gasteiger charge is 2.31. The third kappa shape index (κ3) is 5.39. The van der Waals surface area contributed by atoms with Gasteiger partial charge in [-0.2, -0.15) is 0 Å². The van der Waals surface area contributed by atoms with Crippen LogP contribution < -0.4 is 10.6 Å². The molecule has 1 atom stereocenters. The molecular formula is C21H27N3O2S. The molecule has 1 aliphatic rings. The summed E-state index contributed by atoms with van der Waals surface area (Å²) in [5.41, 5.74) is 0.921. The Bertz CT molecular complexity index is 767. The van der Waals surface area contributed by atoms with E-state index in [1.165, 1.54) is 11.3 Å². The molecule has 0 aromatic carbocycles. The zero-order chi connectivity index (χ0) is 19.2. The maximum Gasteiger partial charge on any atom is 0.261 e. The molecule has 3 rings (SSSR count). The van der Waals surface area contributed by atoms with Crippen molar-refractivity contribution in [3.05, 3.63) is 52.0 Å². The highest BCUT2D eigenvalue weighted by molar-refractivity contribution is 7.13. The molecule has 0 aliphatic heterocycles. The molecule has 1 fully saturated rings. The van der Waals surface area contributed by atoms with E-state index in [0.717, 1.165) is 47.7 Å². The van der Waals surface area contributed by atoms with Gasteiger partial charge < -0.3 is 10.6 Å². The van der Waals surface area contributed by atoms with Gasteiger partial charge in [0, 0.05) is 24.5 Å². The summed E-state index contributed by atoms with van der Waals surface area (Å²) in [6.45, 7) is 4.32. The maximum absolute atomic E-state index is 12.8. The van der Waals surface area contributed by atoms with E-state index >= 15 is 0 Å². The monoisotopic (exact) mass is 385 g/mol. The quantitative estimate of drug-likeness (QED) is 0.793. The normalized spacial score (nSPS) is 20.7. The summed E-state index contributed by atoms with van der Waals surface area (Å²) in [4.78, 5) is 30.3. The minimum Gasteiger partial charge on any atom is -0.356 e. The van der Waals surface area contributed by atoms with Crippen molar-refractivity contribution in [1.82, 2.24) is 15.6 Å². The van der Waals surface area contributed by atoms with Crippen molar-refractivity contribution in [3.63, 3.8) is 0 Å². The van der Waals surface area contributed by atoms with Crippen LogP contribution in [0.15, 0.2) is 36.5 Å². The highest BCUT2D eigenvalue weighted by Crippen LogP contribution is 2.36. The first-order valence-corrected chi connectivity index (χ1v) is 10.4. The van der Waals surface area contributed by atoms with Crippen molar-refractivity contribution >= 4 is 23.2 Å². The first-order chi connectivity index (χ1) is 13.0. The third-order valence-corrected chi connectivity index (χ3v) is 6.26. The van der Waals surface area contributed by atoms with Gasteiger partial charge in [0.2, 0.25) is 5.91 Å². The predicted molar refractivity (Wildman–Crippen MR) is 108 cm³/mol. The van der Waals surface area contributed by atoms with Gasteiger partial charge in [0.1, 0.15) is 0 Å². The van der Waals surface area contributed by atoms with Gasteiger partial charge in [0.05, 0.1) is 16.6 Å². The van der Waals surface area contributed by atoms with Gasteiger partial charge in [-0.15, -0.1) is 11.3 Å². The lowest BCUT2D eigenvalue weighted by Crippen LogP contribution is -2.37. The SMILES string of the molecule is CC(=O)NCC1CCC([C@@H](NC(=O)c2ccc(C)s2)c2ccccn2)CC1. The Kier molecular flexibility index (Phi) is 6.61. The van der Waals surface area contributed by atoms with Crippen molar-refractivity contribution in [3.8, 4) is 0 Å². The molecule has 2 amide bonds. The molecule has 2 N–H and O–H groups in total. The smallest absolute Gasteiger partial charge is 0.261 e. The molecule has 5 nitrogen and oxygen atoms in total.